The summed E-state index contributed by atoms with van der Waals surface area (Å²) in [5.74, 6) is 0.622. The summed E-state index contributed by atoms with van der Waals surface area (Å²) in [5, 5.41) is 9.04. The quantitative estimate of drug-likeness (QED) is 0.627. The Balaban J connectivity index is 2.18. The van der Waals surface area contributed by atoms with Crippen LogP contribution in [0.3, 0.4) is 0 Å². The molecule has 1 aliphatic rings. The van der Waals surface area contributed by atoms with Gasteiger partial charge in [-0.1, -0.05) is 0 Å². The van der Waals surface area contributed by atoms with Crippen molar-refractivity contribution in [1.82, 2.24) is 0 Å². The van der Waals surface area contributed by atoms with Crippen molar-refractivity contribution in [3.05, 3.63) is 0 Å². The van der Waals surface area contributed by atoms with Gasteiger partial charge in [-0.25, -0.2) is 0 Å². The molecule has 0 saturated carbocycles. The Morgan fingerprint density at radius 1 is 1.50 bits per heavy atom. The lowest BCUT2D eigenvalue weighted by molar-refractivity contribution is -0.162. The van der Waals surface area contributed by atoms with E-state index in [1.807, 2.05) is 0 Å². The molecule has 0 aromatic rings. The van der Waals surface area contributed by atoms with Gasteiger partial charge in [-0.2, -0.15) is 0 Å². The lowest BCUT2D eigenvalue weighted by atomic mass is 10.1. The third-order valence-corrected chi connectivity index (χ3v) is 1.98. The smallest absolute Gasteiger partial charge is 0.154 e. The molecule has 1 heterocycles. The van der Waals surface area contributed by atoms with Crippen LogP contribution in [0.2, 0.25) is 0 Å². The van der Waals surface area contributed by atoms with E-state index in [0.29, 0.717) is 5.88 Å². The minimum absolute atomic E-state index is 0.196. The van der Waals surface area contributed by atoms with Crippen LogP contribution in [0.25, 0.3) is 0 Å². The van der Waals surface area contributed by atoms with Crippen LogP contribution in [0, 0.1) is 0 Å². The third-order valence-electron chi connectivity index (χ3n) is 1.76. The van der Waals surface area contributed by atoms with Crippen LogP contribution in [0.1, 0.15) is 25.7 Å². The molecule has 0 amide bonds. The number of halogens is 1. The Hall–Kier alpha value is 0.210. The van der Waals surface area contributed by atoms with E-state index in [9.17, 15) is 0 Å². The fourth-order valence-corrected chi connectivity index (χ4v) is 1.46. The van der Waals surface area contributed by atoms with E-state index in [1.165, 1.54) is 0 Å². The Bertz CT molecular complexity index is 95.6. The Kier molecular flexibility index (Phi) is 3.46. The maximum atomic E-state index is 9.04. The van der Waals surface area contributed by atoms with E-state index in [-0.39, 0.29) is 6.10 Å². The number of hydrogen-bond acceptors (Lipinski definition) is 2. The van der Waals surface area contributed by atoms with Gasteiger partial charge in [0.25, 0.3) is 0 Å². The van der Waals surface area contributed by atoms with Crippen molar-refractivity contribution in [1.29, 1.82) is 0 Å². The first-order chi connectivity index (χ1) is 4.83. The molecule has 1 fully saturated rings. The molecule has 3 heteroatoms. The molecule has 1 saturated heterocycles. The zero-order chi connectivity index (χ0) is 7.40. The van der Waals surface area contributed by atoms with Gasteiger partial charge >= 0.3 is 0 Å². The highest BCUT2D eigenvalue weighted by atomic mass is 35.5. The van der Waals surface area contributed by atoms with Gasteiger partial charge in [0.1, 0.15) is 0 Å². The fourth-order valence-electron chi connectivity index (χ4n) is 1.21. The van der Waals surface area contributed by atoms with Crippen molar-refractivity contribution >= 4 is 11.6 Å². The average Bonchev–Trinajstić information content (AvgIpc) is 1.88. The second-order valence-electron chi connectivity index (χ2n) is 2.62. The van der Waals surface area contributed by atoms with Crippen molar-refractivity contribution < 1.29 is 9.84 Å². The zero-order valence-electron chi connectivity index (χ0n) is 5.92. The summed E-state index contributed by atoms with van der Waals surface area (Å²) >= 11 is 5.52. The van der Waals surface area contributed by atoms with E-state index < -0.39 is 6.29 Å². The van der Waals surface area contributed by atoms with Crippen LogP contribution in [-0.2, 0) is 4.74 Å². The molecule has 2 atom stereocenters. The second-order valence-corrected chi connectivity index (χ2v) is 3.00. The minimum atomic E-state index is -0.540. The second kappa shape index (κ2) is 4.16. The number of ether oxygens (including phenoxy) is 1. The average molecular weight is 165 g/mol. The van der Waals surface area contributed by atoms with Crippen LogP contribution in [0.4, 0.5) is 0 Å². The van der Waals surface area contributed by atoms with Gasteiger partial charge in [-0.05, 0) is 25.7 Å². The largest absolute Gasteiger partial charge is 0.368 e. The Morgan fingerprint density at radius 2 is 2.30 bits per heavy atom. The van der Waals surface area contributed by atoms with Crippen LogP contribution < -0.4 is 0 Å². The van der Waals surface area contributed by atoms with Crippen LogP contribution in [0.5, 0.6) is 0 Å². The Morgan fingerprint density at radius 3 is 2.90 bits per heavy atom. The summed E-state index contributed by atoms with van der Waals surface area (Å²) in [6.45, 7) is 0. The summed E-state index contributed by atoms with van der Waals surface area (Å²) in [6.07, 6.45) is 3.40. The minimum Gasteiger partial charge on any atom is -0.368 e. The SMILES string of the molecule is OC1CCCC(CCCl)O1. The maximum absolute atomic E-state index is 9.04. The van der Waals surface area contributed by atoms with Gasteiger partial charge in [0.2, 0.25) is 0 Å². The summed E-state index contributed by atoms with van der Waals surface area (Å²) in [5.41, 5.74) is 0. The molecule has 0 bridgehead atoms. The molecular weight excluding hydrogens is 152 g/mol. The fraction of sp³-hybridized carbons (Fsp3) is 1.00. The lowest BCUT2D eigenvalue weighted by Crippen LogP contribution is -2.27. The molecular formula is C7H13ClO2. The van der Waals surface area contributed by atoms with Gasteiger partial charge in [-0.15, -0.1) is 11.6 Å². The van der Waals surface area contributed by atoms with E-state index in [0.717, 1.165) is 25.7 Å². The molecule has 0 aromatic heterocycles. The van der Waals surface area contributed by atoms with Gasteiger partial charge < -0.3 is 9.84 Å². The topological polar surface area (TPSA) is 29.5 Å². The number of rotatable bonds is 2. The first-order valence-corrected chi connectivity index (χ1v) is 4.26. The van der Waals surface area contributed by atoms with Gasteiger partial charge in [0.05, 0.1) is 6.10 Å². The predicted octanol–water partition coefficient (Wildman–Crippen LogP) is 1.50. The molecule has 1 rings (SSSR count). The van der Waals surface area contributed by atoms with Crippen molar-refractivity contribution in [3.63, 3.8) is 0 Å². The van der Waals surface area contributed by atoms with E-state index in [1.54, 1.807) is 0 Å². The molecule has 0 aromatic carbocycles. The van der Waals surface area contributed by atoms with E-state index in [2.05, 4.69) is 0 Å². The number of aliphatic hydroxyl groups excluding tert-OH is 1. The highest BCUT2D eigenvalue weighted by Crippen LogP contribution is 2.19. The molecule has 2 unspecified atom stereocenters. The normalized spacial score (nSPS) is 34.2. The van der Waals surface area contributed by atoms with Gasteiger partial charge in [0.15, 0.2) is 6.29 Å². The zero-order valence-corrected chi connectivity index (χ0v) is 6.68. The molecule has 0 spiro atoms. The Labute approximate surface area is 66.1 Å². The van der Waals surface area contributed by atoms with E-state index >= 15 is 0 Å². The number of hydrogen-bond donors (Lipinski definition) is 1. The summed E-state index contributed by atoms with van der Waals surface area (Å²) < 4.78 is 5.20. The molecule has 2 nitrogen and oxygen atoms in total. The number of alkyl halides is 1. The van der Waals surface area contributed by atoms with Crippen molar-refractivity contribution in [2.24, 2.45) is 0 Å². The van der Waals surface area contributed by atoms with Gasteiger partial charge in [-0.3, -0.25) is 0 Å². The summed E-state index contributed by atoms with van der Waals surface area (Å²) in [4.78, 5) is 0. The maximum Gasteiger partial charge on any atom is 0.154 e. The standard InChI is InChI=1S/C7H13ClO2/c8-5-4-6-2-1-3-7(9)10-6/h6-7,9H,1-5H2. The van der Waals surface area contributed by atoms with E-state index in [4.69, 9.17) is 21.4 Å². The van der Waals surface area contributed by atoms with Crippen molar-refractivity contribution in [2.75, 3.05) is 5.88 Å². The monoisotopic (exact) mass is 164 g/mol. The van der Waals surface area contributed by atoms with Crippen LogP contribution >= 0.6 is 11.6 Å². The molecule has 1 aliphatic heterocycles. The molecule has 0 radical (unpaired) electrons. The van der Waals surface area contributed by atoms with Crippen molar-refractivity contribution in [3.8, 4) is 0 Å². The van der Waals surface area contributed by atoms with Crippen molar-refractivity contribution in [2.45, 2.75) is 38.1 Å². The highest BCUT2D eigenvalue weighted by molar-refractivity contribution is 6.17. The summed E-state index contributed by atoms with van der Waals surface area (Å²) in [7, 11) is 0. The van der Waals surface area contributed by atoms with Gasteiger partial charge in [0, 0.05) is 5.88 Å². The molecule has 1 N–H and O–H groups in total. The highest BCUT2D eigenvalue weighted by Gasteiger charge is 2.19. The molecule has 10 heavy (non-hydrogen) atoms. The summed E-state index contributed by atoms with van der Waals surface area (Å²) in [6, 6.07) is 0. The third kappa shape index (κ3) is 2.45. The predicted molar refractivity (Wildman–Crippen MR) is 40.1 cm³/mol. The van der Waals surface area contributed by atoms with Crippen LogP contribution in [-0.4, -0.2) is 23.4 Å². The molecule has 0 aliphatic carbocycles. The first-order valence-electron chi connectivity index (χ1n) is 3.72. The van der Waals surface area contributed by atoms with Crippen LogP contribution in [0.15, 0.2) is 0 Å². The number of aliphatic hydroxyl groups is 1. The molecule has 60 valence electrons. The first kappa shape index (κ1) is 8.31. The lowest BCUT2D eigenvalue weighted by Gasteiger charge is -2.25.